The number of rotatable bonds is 5. The Morgan fingerprint density at radius 2 is 1.18 bits per heavy atom. The summed E-state index contributed by atoms with van der Waals surface area (Å²) in [6.45, 7) is 0. The van der Waals surface area contributed by atoms with Crippen LogP contribution in [0.4, 0.5) is 4.39 Å². The zero-order valence-electron chi connectivity index (χ0n) is 20.7. The summed E-state index contributed by atoms with van der Waals surface area (Å²) in [5.41, 5.74) is 9.14. The van der Waals surface area contributed by atoms with Gasteiger partial charge in [0.25, 0.3) is 0 Å². The Kier molecular flexibility index (Phi) is 6.25. The highest BCUT2D eigenvalue weighted by Gasteiger charge is 2.24. The molecule has 0 bridgehead atoms. The molecule has 38 heavy (non-hydrogen) atoms. The lowest BCUT2D eigenvalue weighted by atomic mass is 9.87. The molecule has 0 amide bonds. The molecular formula is C35H25FN2. The predicted octanol–water partition coefficient (Wildman–Crippen LogP) is 8.53. The van der Waals surface area contributed by atoms with Crippen LogP contribution in [0.1, 0.15) is 27.8 Å². The Labute approximate surface area is 222 Å². The molecule has 1 heterocycles. The Hall–Kier alpha value is -5.02. The van der Waals surface area contributed by atoms with Gasteiger partial charge >= 0.3 is 0 Å². The highest BCUT2D eigenvalue weighted by molar-refractivity contribution is 6.36. The SMILES string of the molecule is N=C(/C(=C1\NC(c2ccccc2)=Cc2ccc(F)cc21)c1cccc(-c2ccccc2)c1)c1ccccc1. The van der Waals surface area contributed by atoms with Crippen LogP contribution >= 0.6 is 0 Å². The van der Waals surface area contributed by atoms with Crippen molar-refractivity contribution < 1.29 is 4.39 Å². The van der Waals surface area contributed by atoms with E-state index in [1.165, 1.54) is 6.07 Å². The Morgan fingerprint density at radius 3 is 1.89 bits per heavy atom. The molecule has 182 valence electrons. The number of hydrogen-bond acceptors (Lipinski definition) is 2. The summed E-state index contributed by atoms with van der Waals surface area (Å²) in [6, 6.07) is 43.0. The maximum atomic E-state index is 14.6. The van der Waals surface area contributed by atoms with Gasteiger partial charge in [0.15, 0.2) is 0 Å². The molecule has 0 saturated carbocycles. The zero-order valence-corrected chi connectivity index (χ0v) is 20.7. The smallest absolute Gasteiger partial charge is 0.123 e. The number of benzene rings is 5. The van der Waals surface area contributed by atoms with Crippen LogP contribution in [0.3, 0.4) is 0 Å². The molecule has 0 atom stereocenters. The lowest BCUT2D eigenvalue weighted by molar-refractivity contribution is 0.627. The van der Waals surface area contributed by atoms with E-state index in [2.05, 4.69) is 29.6 Å². The first-order chi connectivity index (χ1) is 18.7. The minimum absolute atomic E-state index is 0.316. The monoisotopic (exact) mass is 492 g/mol. The fourth-order valence-electron chi connectivity index (χ4n) is 4.88. The lowest BCUT2D eigenvalue weighted by Crippen LogP contribution is -2.20. The van der Waals surface area contributed by atoms with Crippen LogP contribution in [-0.4, -0.2) is 5.71 Å². The van der Waals surface area contributed by atoms with Crippen LogP contribution in [0.2, 0.25) is 0 Å². The molecular weight excluding hydrogens is 467 g/mol. The predicted molar refractivity (Wildman–Crippen MR) is 156 cm³/mol. The van der Waals surface area contributed by atoms with Crippen molar-refractivity contribution in [3.63, 3.8) is 0 Å². The fourth-order valence-corrected chi connectivity index (χ4v) is 4.88. The van der Waals surface area contributed by atoms with Crippen molar-refractivity contribution in [2.24, 2.45) is 0 Å². The molecule has 6 rings (SSSR count). The normalized spacial score (nSPS) is 13.7. The van der Waals surface area contributed by atoms with E-state index in [4.69, 9.17) is 0 Å². The molecule has 0 aliphatic carbocycles. The van der Waals surface area contributed by atoms with E-state index >= 15 is 0 Å². The van der Waals surface area contributed by atoms with Gasteiger partial charge in [-0.25, -0.2) is 4.39 Å². The second-order valence-electron chi connectivity index (χ2n) is 9.22. The minimum Gasteiger partial charge on any atom is -0.354 e. The van der Waals surface area contributed by atoms with E-state index in [1.54, 1.807) is 12.1 Å². The van der Waals surface area contributed by atoms with Crippen molar-refractivity contribution in [3.05, 3.63) is 167 Å². The van der Waals surface area contributed by atoms with Crippen molar-refractivity contribution in [1.82, 2.24) is 5.32 Å². The molecule has 3 heteroatoms. The third-order valence-corrected chi connectivity index (χ3v) is 6.75. The Morgan fingerprint density at radius 1 is 0.579 bits per heavy atom. The zero-order chi connectivity index (χ0) is 25.9. The van der Waals surface area contributed by atoms with E-state index in [9.17, 15) is 9.80 Å². The first kappa shape index (κ1) is 23.4. The third-order valence-electron chi connectivity index (χ3n) is 6.75. The van der Waals surface area contributed by atoms with E-state index in [0.717, 1.165) is 44.6 Å². The maximum Gasteiger partial charge on any atom is 0.123 e. The fraction of sp³-hybridized carbons (Fsp3) is 0. The van der Waals surface area contributed by atoms with E-state index in [-0.39, 0.29) is 5.82 Å². The standard InChI is InChI=1S/C35H25FN2/c36-30-20-19-28-22-32(25-13-6-2-7-14-25)38-35(31(28)23-30)33(34(37)26-15-8-3-9-16-26)29-18-10-17-27(21-29)24-11-4-1-5-12-24/h1-23,37-38H/b35-33-,37-34?. The van der Waals surface area contributed by atoms with Crippen LogP contribution < -0.4 is 5.32 Å². The Bertz CT molecular complexity index is 1680. The van der Waals surface area contributed by atoms with Crippen LogP contribution in [0.25, 0.3) is 34.2 Å². The quantitative estimate of drug-likeness (QED) is 0.237. The number of hydrogen-bond donors (Lipinski definition) is 2. The topological polar surface area (TPSA) is 35.9 Å². The summed E-state index contributed by atoms with van der Waals surface area (Å²) in [4.78, 5) is 0. The molecule has 0 fully saturated rings. The van der Waals surface area contributed by atoms with Gasteiger partial charge < -0.3 is 5.32 Å². The molecule has 0 spiro atoms. The van der Waals surface area contributed by atoms with Gasteiger partial charge in [-0.2, -0.15) is 0 Å². The summed E-state index contributed by atoms with van der Waals surface area (Å²) in [6.07, 6.45) is 2.04. The van der Waals surface area contributed by atoms with Crippen molar-refractivity contribution in [1.29, 1.82) is 5.41 Å². The van der Waals surface area contributed by atoms with Gasteiger partial charge in [-0.05, 0) is 52.1 Å². The molecule has 2 nitrogen and oxygen atoms in total. The number of fused-ring (bicyclic) bond motifs is 1. The van der Waals surface area contributed by atoms with E-state index < -0.39 is 0 Å². The van der Waals surface area contributed by atoms with Crippen molar-refractivity contribution in [2.45, 2.75) is 0 Å². The lowest BCUT2D eigenvalue weighted by Gasteiger charge is -2.26. The molecule has 5 aromatic rings. The number of nitrogens with one attached hydrogen (secondary N) is 2. The first-order valence-corrected chi connectivity index (χ1v) is 12.6. The van der Waals surface area contributed by atoms with Gasteiger partial charge in [0, 0.05) is 22.4 Å². The highest BCUT2D eigenvalue weighted by Crippen LogP contribution is 2.37. The van der Waals surface area contributed by atoms with Crippen molar-refractivity contribution >= 4 is 28.8 Å². The van der Waals surface area contributed by atoms with Crippen LogP contribution in [-0.2, 0) is 0 Å². The molecule has 1 aliphatic rings. The van der Waals surface area contributed by atoms with Gasteiger partial charge in [-0.3, -0.25) is 5.41 Å². The molecule has 0 saturated heterocycles. The van der Waals surface area contributed by atoms with Gasteiger partial charge in [0.05, 0.1) is 11.4 Å². The summed E-state index contributed by atoms with van der Waals surface area (Å²) >= 11 is 0. The Balaban J connectivity index is 1.62. The molecule has 2 N–H and O–H groups in total. The van der Waals surface area contributed by atoms with Gasteiger partial charge in [0.2, 0.25) is 0 Å². The van der Waals surface area contributed by atoms with Gasteiger partial charge in [-0.15, -0.1) is 0 Å². The van der Waals surface area contributed by atoms with E-state index in [0.29, 0.717) is 17.0 Å². The average molecular weight is 493 g/mol. The van der Waals surface area contributed by atoms with Crippen LogP contribution in [0.15, 0.2) is 133 Å². The van der Waals surface area contributed by atoms with E-state index in [1.807, 2.05) is 97.1 Å². The van der Waals surface area contributed by atoms with Gasteiger partial charge in [-0.1, -0.05) is 115 Å². The second kappa shape index (κ2) is 10.2. The molecule has 1 aliphatic heterocycles. The van der Waals surface area contributed by atoms with Crippen LogP contribution in [0.5, 0.6) is 0 Å². The molecule has 0 unspecified atom stereocenters. The molecule has 5 aromatic carbocycles. The highest BCUT2D eigenvalue weighted by atomic mass is 19.1. The van der Waals surface area contributed by atoms with Crippen molar-refractivity contribution in [3.8, 4) is 11.1 Å². The molecule has 0 radical (unpaired) electrons. The minimum atomic E-state index is -0.316. The average Bonchev–Trinajstić information content (AvgIpc) is 2.99. The third kappa shape index (κ3) is 4.58. The molecule has 0 aromatic heterocycles. The maximum absolute atomic E-state index is 14.6. The first-order valence-electron chi connectivity index (χ1n) is 12.6. The summed E-state index contributed by atoms with van der Waals surface area (Å²) < 4.78 is 14.6. The second-order valence-corrected chi connectivity index (χ2v) is 9.22. The summed E-state index contributed by atoms with van der Waals surface area (Å²) in [5, 5.41) is 13.0. The summed E-state index contributed by atoms with van der Waals surface area (Å²) in [7, 11) is 0. The number of allylic oxidation sites excluding steroid dienone is 1. The largest absolute Gasteiger partial charge is 0.354 e. The number of halogens is 1. The van der Waals surface area contributed by atoms with Crippen LogP contribution in [0, 0.1) is 11.2 Å². The van der Waals surface area contributed by atoms with Crippen molar-refractivity contribution in [2.75, 3.05) is 0 Å². The summed E-state index contributed by atoms with van der Waals surface area (Å²) in [5.74, 6) is -0.316. The van der Waals surface area contributed by atoms with Gasteiger partial charge in [0.1, 0.15) is 5.82 Å².